The minimum absolute atomic E-state index is 0.0473. The Hall–Kier alpha value is -2.43. The summed E-state index contributed by atoms with van der Waals surface area (Å²) in [5.74, 6) is 0.335. The summed E-state index contributed by atoms with van der Waals surface area (Å²) in [5.41, 5.74) is 2.30. The highest BCUT2D eigenvalue weighted by atomic mass is 16.1. The highest BCUT2D eigenvalue weighted by Crippen LogP contribution is 2.29. The van der Waals surface area contributed by atoms with Gasteiger partial charge in [-0.3, -0.25) is 4.79 Å². The molecule has 0 saturated heterocycles. The number of anilines is 2. The number of aromatic nitrogens is 2. The van der Waals surface area contributed by atoms with Gasteiger partial charge in [-0.15, -0.1) is 0 Å². The predicted octanol–water partition coefficient (Wildman–Crippen LogP) is 3.85. The summed E-state index contributed by atoms with van der Waals surface area (Å²) in [7, 11) is 0. The summed E-state index contributed by atoms with van der Waals surface area (Å²) in [6.45, 7) is 9.24. The monoisotopic (exact) mass is 312 g/mol. The summed E-state index contributed by atoms with van der Waals surface area (Å²) in [5, 5.41) is 6.04. The Morgan fingerprint density at radius 2 is 1.78 bits per heavy atom. The van der Waals surface area contributed by atoms with Crippen molar-refractivity contribution in [1.82, 2.24) is 9.97 Å². The molecule has 0 fully saturated rings. The smallest absolute Gasteiger partial charge is 0.258 e. The molecule has 0 atom stereocenters. The van der Waals surface area contributed by atoms with E-state index in [0.717, 1.165) is 24.2 Å². The van der Waals surface area contributed by atoms with Crippen LogP contribution >= 0.6 is 0 Å². The Morgan fingerprint density at radius 3 is 2.39 bits per heavy atom. The third-order valence-corrected chi connectivity index (χ3v) is 3.43. The molecule has 0 bridgehead atoms. The molecule has 1 amide bonds. The van der Waals surface area contributed by atoms with Crippen LogP contribution in [0.1, 0.15) is 50.0 Å². The molecule has 2 rings (SSSR count). The summed E-state index contributed by atoms with van der Waals surface area (Å²) < 4.78 is 0. The molecule has 122 valence electrons. The molecule has 0 aliphatic rings. The lowest BCUT2D eigenvalue weighted by Crippen LogP contribution is -2.19. The summed E-state index contributed by atoms with van der Waals surface area (Å²) in [4.78, 5) is 20.7. The van der Waals surface area contributed by atoms with Crippen LogP contribution in [0.5, 0.6) is 0 Å². The summed E-state index contributed by atoms with van der Waals surface area (Å²) >= 11 is 0. The maximum absolute atomic E-state index is 12.4. The zero-order valence-electron chi connectivity index (χ0n) is 14.2. The second kappa shape index (κ2) is 7.22. The van der Waals surface area contributed by atoms with Crippen molar-refractivity contribution >= 4 is 17.5 Å². The number of nitrogens with one attached hydrogen (secondary N) is 2. The van der Waals surface area contributed by atoms with E-state index in [2.05, 4.69) is 48.3 Å². The standard InChI is InChI=1S/C18H24N4O/c1-5-10-19-17-20-11-13(12-21-17)16(23)22-15-9-7-6-8-14(15)18(2,3)4/h6-9,11-12H,5,10H2,1-4H3,(H,22,23)(H,19,20,21). The van der Waals surface area contributed by atoms with Gasteiger partial charge in [-0.05, 0) is 23.5 Å². The molecule has 0 unspecified atom stereocenters. The van der Waals surface area contributed by atoms with Gasteiger partial charge in [0.15, 0.2) is 0 Å². The lowest BCUT2D eigenvalue weighted by Gasteiger charge is -2.22. The fourth-order valence-corrected chi connectivity index (χ4v) is 2.21. The average molecular weight is 312 g/mol. The van der Waals surface area contributed by atoms with E-state index in [4.69, 9.17) is 0 Å². The molecule has 1 aromatic carbocycles. The predicted molar refractivity (Wildman–Crippen MR) is 93.9 cm³/mol. The van der Waals surface area contributed by atoms with Gasteiger partial charge in [0.05, 0.1) is 5.56 Å². The van der Waals surface area contributed by atoms with Gasteiger partial charge in [0.1, 0.15) is 0 Å². The van der Waals surface area contributed by atoms with Crippen LogP contribution in [0, 0.1) is 0 Å². The third kappa shape index (κ3) is 4.52. The Balaban J connectivity index is 2.14. The largest absolute Gasteiger partial charge is 0.354 e. The number of hydrogen-bond donors (Lipinski definition) is 2. The number of carbonyl (C=O) groups excluding carboxylic acids is 1. The van der Waals surface area contributed by atoms with Crippen LogP contribution in [-0.4, -0.2) is 22.4 Å². The number of hydrogen-bond acceptors (Lipinski definition) is 4. The van der Waals surface area contributed by atoms with Crippen molar-refractivity contribution in [2.24, 2.45) is 0 Å². The van der Waals surface area contributed by atoms with Crippen molar-refractivity contribution in [3.8, 4) is 0 Å². The van der Waals surface area contributed by atoms with Gasteiger partial charge in [-0.1, -0.05) is 45.9 Å². The first-order chi connectivity index (χ1) is 10.9. The van der Waals surface area contributed by atoms with E-state index in [1.807, 2.05) is 24.3 Å². The third-order valence-electron chi connectivity index (χ3n) is 3.43. The van der Waals surface area contributed by atoms with Gasteiger partial charge in [-0.2, -0.15) is 0 Å². The van der Waals surface area contributed by atoms with Crippen LogP contribution < -0.4 is 10.6 Å². The fourth-order valence-electron chi connectivity index (χ4n) is 2.21. The minimum Gasteiger partial charge on any atom is -0.354 e. The number of benzene rings is 1. The molecule has 1 aromatic heterocycles. The molecular weight excluding hydrogens is 288 g/mol. The Morgan fingerprint density at radius 1 is 1.13 bits per heavy atom. The number of para-hydroxylation sites is 1. The van der Waals surface area contributed by atoms with E-state index in [9.17, 15) is 4.79 Å². The highest BCUT2D eigenvalue weighted by Gasteiger charge is 2.19. The quantitative estimate of drug-likeness (QED) is 0.880. The van der Waals surface area contributed by atoms with Crippen molar-refractivity contribution < 1.29 is 4.79 Å². The van der Waals surface area contributed by atoms with Crippen LogP contribution in [0.4, 0.5) is 11.6 Å². The van der Waals surface area contributed by atoms with Gasteiger partial charge in [0.2, 0.25) is 5.95 Å². The first kappa shape index (κ1) is 16.9. The molecule has 0 spiro atoms. The molecule has 23 heavy (non-hydrogen) atoms. The maximum atomic E-state index is 12.4. The molecule has 5 nitrogen and oxygen atoms in total. The SMILES string of the molecule is CCCNc1ncc(C(=O)Nc2ccccc2C(C)(C)C)cn1. The van der Waals surface area contributed by atoms with E-state index in [1.54, 1.807) is 12.4 Å². The van der Waals surface area contributed by atoms with Crippen LogP contribution in [0.25, 0.3) is 0 Å². The first-order valence-corrected chi connectivity index (χ1v) is 7.88. The number of rotatable bonds is 5. The van der Waals surface area contributed by atoms with Gasteiger partial charge >= 0.3 is 0 Å². The summed E-state index contributed by atoms with van der Waals surface area (Å²) in [6, 6.07) is 7.84. The average Bonchev–Trinajstić information content (AvgIpc) is 2.53. The molecule has 1 heterocycles. The van der Waals surface area contributed by atoms with Gasteiger partial charge in [-0.25, -0.2) is 9.97 Å². The van der Waals surface area contributed by atoms with Crippen molar-refractivity contribution in [3.63, 3.8) is 0 Å². The van der Waals surface area contributed by atoms with Crippen LogP contribution in [0.2, 0.25) is 0 Å². The van der Waals surface area contributed by atoms with Crippen molar-refractivity contribution in [1.29, 1.82) is 0 Å². The second-order valence-corrected chi connectivity index (χ2v) is 6.47. The van der Waals surface area contributed by atoms with E-state index < -0.39 is 0 Å². The Labute approximate surface area is 137 Å². The van der Waals surface area contributed by atoms with Crippen LogP contribution in [0.3, 0.4) is 0 Å². The molecular formula is C18H24N4O. The zero-order valence-corrected chi connectivity index (χ0v) is 14.2. The first-order valence-electron chi connectivity index (χ1n) is 7.88. The highest BCUT2D eigenvalue weighted by molar-refractivity contribution is 6.04. The zero-order chi connectivity index (χ0) is 16.9. The van der Waals surface area contributed by atoms with E-state index in [1.165, 1.54) is 0 Å². The van der Waals surface area contributed by atoms with Crippen molar-refractivity contribution in [2.45, 2.75) is 39.5 Å². The Kier molecular flexibility index (Phi) is 5.32. The lowest BCUT2D eigenvalue weighted by atomic mass is 9.86. The number of nitrogens with zero attached hydrogens (tertiary/aromatic N) is 2. The lowest BCUT2D eigenvalue weighted by molar-refractivity contribution is 0.102. The van der Waals surface area contributed by atoms with Crippen molar-refractivity contribution in [3.05, 3.63) is 47.8 Å². The molecule has 2 aromatic rings. The van der Waals surface area contributed by atoms with Gasteiger partial charge in [0.25, 0.3) is 5.91 Å². The number of carbonyl (C=O) groups is 1. The molecule has 0 aliphatic heterocycles. The Bertz CT molecular complexity index is 659. The normalized spacial score (nSPS) is 11.1. The van der Waals surface area contributed by atoms with Gasteiger partial charge < -0.3 is 10.6 Å². The van der Waals surface area contributed by atoms with E-state index in [-0.39, 0.29) is 11.3 Å². The molecule has 0 radical (unpaired) electrons. The molecule has 0 aliphatic carbocycles. The van der Waals surface area contributed by atoms with Crippen LogP contribution in [-0.2, 0) is 5.41 Å². The van der Waals surface area contributed by atoms with E-state index in [0.29, 0.717) is 11.5 Å². The summed E-state index contributed by atoms with van der Waals surface area (Å²) in [6.07, 6.45) is 4.08. The maximum Gasteiger partial charge on any atom is 0.258 e. The van der Waals surface area contributed by atoms with Crippen molar-refractivity contribution in [2.75, 3.05) is 17.2 Å². The number of amides is 1. The molecule has 0 saturated carbocycles. The fraction of sp³-hybridized carbons (Fsp3) is 0.389. The molecule has 5 heteroatoms. The molecule has 2 N–H and O–H groups in total. The van der Waals surface area contributed by atoms with Crippen LogP contribution in [0.15, 0.2) is 36.7 Å². The minimum atomic E-state index is -0.205. The topological polar surface area (TPSA) is 66.9 Å². The van der Waals surface area contributed by atoms with E-state index >= 15 is 0 Å². The van der Waals surface area contributed by atoms with Gasteiger partial charge in [0, 0.05) is 24.6 Å². The second-order valence-electron chi connectivity index (χ2n) is 6.47.